The van der Waals surface area contributed by atoms with E-state index in [1.807, 2.05) is 6.08 Å². The molecular formula is C29H25N3O6. The molecule has 192 valence electrons. The van der Waals surface area contributed by atoms with Gasteiger partial charge in [-0.15, -0.1) is 0 Å². The Morgan fingerprint density at radius 3 is 2.50 bits per heavy atom. The summed E-state index contributed by atoms with van der Waals surface area (Å²) in [4.78, 5) is 53.8. The van der Waals surface area contributed by atoms with Gasteiger partial charge >= 0.3 is 11.4 Å². The van der Waals surface area contributed by atoms with Crippen LogP contribution in [0.2, 0.25) is 0 Å². The van der Waals surface area contributed by atoms with Crippen molar-refractivity contribution >= 4 is 11.6 Å². The van der Waals surface area contributed by atoms with Crippen molar-refractivity contribution in [1.82, 2.24) is 13.9 Å². The Morgan fingerprint density at radius 1 is 1.00 bits per heavy atom. The average Bonchev–Trinajstić information content (AvgIpc) is 3.18. The molecule has 9 nitrogen and oxygen atoms in total. The summed E-state index contributed by atoms with van der Waals surface area (Å²) in [5.74, 6) is -1.24. The molecule has 2 unspecified atom stereocenters. The number of para-hydroxylation sites is 2. The third kappa shape index (κ3) is 3.31. The largest absolute Gasteiger partial charge is 0.504 e. The fraction of sp³-hybridized carbons (Fsp3) is 0.241. The molecule has 1 aliphatic heterocycles. The van der Waals surface area contributed by atoms with Crippen molar-refractivity contribution < 1.29 is 19.4 Å². The van der Waals surface area contributed by atoms with Crippen molar-refractivity contribution in [2.24, 2.45) is 0 Å². The van der Waals surface area contributed by atoms with E-state index >= 15 is 0 Å². The molecule has 1 N–H and O–H groups in total. The Labute approximate surface area is 217 Å². The normalized spacial score (nSPS) is 20.4. The van der Waals surface area contributed by atoms with Gasteiger partial charge in [0.15, 0.2) is 23.1 Å². The zero-order valence-corrected chi connectivity index (χ0v) is 20.9. The van der Waals surface area contributed by atoms with Crippen LogP contribution in [0.15, 0.2) is 92.6 Å². The molecule has 0 radical (unpaired) electrons. The predicted molar refractivity (Wildman–Crippen MR) is 139 cm³/mol. The van der Waals surface area contributed by atoms with Crippen molar-refractivity contribution in [1.29, 1.82) is 0 Å². The number of hydrogen-bond acceptors (Lipinski definition) is 6. The summed E-state index contributed by atoms with van der Waals surface area (Å²) < 4.78 is 9.45. The van der Waals surface area contributed by atoms with Gasteiger partial charge in [-0.25, -0.2) is 23.5 Å². The summed E-state index contributed by atoms with van der Waals surface area (Å²) in [6.07, 6.45) is 3.22. The summed E-state index contributed by atoms with van der Waals surface area (Å²) in [6, 6.07) is 13.0. The highest BCUT2D eigenvalue weighted by molar-refractivity contribution is 6.23. The zero-order chi connectivity index (χ0) is 26.7. The number of ether oxygens (including phenoxy) is 1. The zero-order valence-electron chi connectivity index (χ0n) is 20.9. The number of phenols is 1. The van der Waals surface area contributed by atoms with Crippen LogP contribution in [-0.4, -0.2) is 37.2 Å². The molecule has 3 aromatic rings. The topological polar surface area (TPSA) is 113 Å². The van der Waals surface area contributed by atoms with Crippen LogP contribution in [0.3, 0.4) is 0 Å². The fourth-order valence-electron chi connectivity index (χ4n) is 5.83. The maximum atomic E-state index is 13.7. The van der Waals surface area contributed by atoms with Gasteiger partial charge in [0, 0.05) is 34.6 Å². The number of carbonyl (C=O) groups is 2. The second-order valence-electron chi connectivity index (χ2n) is 9.56. The number of aromatic nitrogens is 3. The molecule has 0 spiro atoms. The summed E-state index contributed by atoms with van der Waals surface area (Å²) in [6.45, 7) is 3.82. The lowest BCUT2D eigenvalue weighted by Gasteiger charge is -2.39. The van der Waals surface area contributed by atoms with Gasteiger partial charge in [-0.2, -0.15) is 0 Å². The van der Waals surface area contributed by atoms with Crippen molar-refractivity contribution in [3.8, 4) is 17.2 Å². The SMILES string of the molecule is CCOc1cccc(C2C3=CCn4c(=O)n(-c5ccccc5)c(=O)n4C3CC3=C2C(=O)C(C)=CC3=O)c1O. The molecule has 2 atom stereocenters. The first-order chi connectivity index (χ1) is 18.3. The quantitative estimate of drug-likeness (QED) is 0.426. The molecular weight excluding hydrogens is 486 g/mol. The van der Waals surface area contributed by atoms with E-state index in [1.54, 1.807) is 62.4 Å². The molecule has 0 fully saturated rings. The van der Waals surface area contributed by atoms with Crippen molar-refractivity contribution in [3.05, 3.63) is 110 Å². The number of ketones is 2. The first-order valence-corrected chi connectivity index (χ1v) is 12.5. The molecule has 2 aliphatic carbocycles. The number of Topliss-reactive ketones (excluding diaryl/α,β-unsaturated/α-hetero) is 1. The maximum absolute atomic E-state index is 13.7. The minimum Gasteiger partial charge on any atom is -0.504 e. The molecule has 0 saturated heterocycles. The Balaban J connectivity index is 1.60. The van der Waals surface area contributed by atoms with E-state index in [9.17, 15) is 24.3 Å². The molecule has 6 rings (SSSR count). The minimum atomic E-state index is -0.792. The molecule has 38 heavy (non-hydrogen) atoms. The van der Waals surface area contributed by atoms with Gasteiger partial charge in [0.05, 0.1) is 24.9 Å². The molecule has 9 heteroatoms. The summed E-state index contributed by atoms with van der Waals surface area (Å²) >= 11 is 0. The van der Waals surface area contributed by atoms with E-state index in [4.69, 9.17) is 4.74 Å². The molecule has 2 heterocycles. The van der Waals surface area contributed by atoms with Crippen LogP contribution in [0.4, 0.5) is 0 Å². The van der Waals surface area contributed by atoms with Crippen LogP contribution >= 0.6 is 0 Å². The number of phenolic OH excluding ortho intramolecular Hbond substituents is 1. The highest BCUT2D eigenvalue weighted by Crippen LogP contribution is 2.52. The first-order valence-electron chi connectivity index (χ1n) is 12.5. The second-order valence-corrected chi connectivity index (χ2v) is 9.56. The number of rotatable bonds is 4. The number of carbonyl (C=O) groups excluding carboxylic acids is 2. The third-order valence-electron chi connectivity index (χ3n) is 7.49. The molecule has 2 aromatic carbocycles. The number of fused-ring (bicyclic) bond motifs is 3. The molecule has 3 aliphatic rings. The monoisotopic (exact) mass is 511 g/mol. The van der Waals surface area contributed by atoms with Crippen LogP contribution in [0.1, 0.15) is 37.8 Å². The van der Waals surface area contributed by atoms with Gasteiger partial charge < -0.3 is 9.84 Å². The van der Waals surface area contributed by atoms with Gasteiger partial charge in [-0.3, -0.25) is 9.59 Å². The van der Waals surface area contributed by atoms with Gasteiger partial charge in [0.25, 0.3) is 0 Å². The maximum Gasteiger partial charge on any atom is 0.352 e. The van der Waals surface area contributed by atoms with Crippen LogP contribution in [0.25, 0.3) is 5.69 Å². The van der Waals surface area contributed by atoms with Crippen molar-refractivity contribution in [2.75, 3.05) is 6.61 Å². The lowest BCUT2D eigenvalue weighted by Crippen LogP contribution is -2.40. The lowest BCUT2D eigenvalue weighted by atomic mass is 9.67. The van der Waals surface area contributed by atoms with E-state index < -0.39 is 23.3 Å². The smallest absolute Gasteiger partial charge is 0.352 e. The van der Waals surface area contributed by atoms with E-state index in [-0.39, 0.29) is 41.6 Å². The van der Waals surface area contributed by atoms with Crippen LogP contribution in [0.5, 0.6) is 11.5 Å². The van der Waals surface area contributed by atoms with E-state index in [1.165, 1.54) is 15.4 Å². The number of benzene rings is 2. The number of aromatic hydroxyl groups is 1. The Kier molecular flexibility index (Phi) is 5.45. The van der Waals surface area contributed by atoms with Crippen LogP contribution in [0, 0.1) is 0 Å². The van der Waals surface area contributed by atoms with Gasteiger partial charge in [-0.05, 0) is 43.7 Å². The minimum absolute atomic E-state index is 0.0794. The predicted octanol–water partition coefficient (Wildman–Crippen LogP) is 2.97. The summed E-state index contributed by atoms with van der Waals surface area (Å²) in [7, 11) is 0. The highest BCUT2D eigenvalue weighted by atomic mass is 16.5. The Morgan fingerprint density at radius 2 is 1.76 bits per heavy atom. The van der Waals surface area contributed by atoms with E-state index in [0.717, 1.165) is 4.57 Å². The van der Waals surface area contributed by atoms with Crippen LogP contribution in [-0.2, 0) is 16.1 Å². The molecule has 0 saturated carbocycles. The van der Waals surface area contributed by atoms with E-state index in [2.05, 4.69) is 0 Å². The number of nitrogens with zero attached hydrogens (tertiary/aromatic N) is 3. The first kappa shape index (κ1) is 23.7. The fourth-order valence-corrected chi connectivity index (χ4v) is 5.83. The standard InChI is InChI=1S/C29H25N3O6/c1-3-38-23-11-7-10-19(27(23)35)24-18-12-13-30-28(36)31(17-8-5-4-6-9-17)29(37)32(30)21(18)15-20-22(33)14-16(2)26(34)25(20)24/h4-12,14,21,24,35H,3,13,15H2,1-2H3. The van der Waals surface area contributed by atoms with Crippen molar-refractivity contribution in [3.63, 3.8) is 0 Å². The highest BCUT2D eigenvalue weighted by Gasteiger charge is 2.45. The van der Waals surface area contributed by atoms with Gasteiger partial charge in [-0.1, -0.05) is 36.4 Å². The summed E-state index contributed by atoms with van der Waals surface area (Å²) in [5, 5.41) is 11.2. The lowest BCUT2D eigenvalue weighted by molar-refractivity contribution is -0.116. The van der Waals surface area contributed by atoms with Crippen LogP contribution < -0.4 is 16.1 Å². The Bertz CT molecular complexity index is 1730. The van der Waals surface area contributed by atoms with Gasteiger partial charge in [0.1, 0.15) is 0 Å². The number of hydrogen-bond donors (Lipinski definition) is 1. The number of allylic oxidation sites excluding steroid dienone is 6. The van der Waals surface area contributed by atoms with Crippen molar-refractivity contribution in [2.45, 2.75) is 38.8 Å². The Hall–Kier alpha value is -4.66. The summed E-state index contributed by atoms with van der Waals surface area (Å²) in [5.41, 5.74) is 1.40. The third-order valence-corrected chi connectivity index (χ3v) is 7.49. The average molecular weight is 512 g/mol. The molecule has 0 bridgehead atoms. The van der Waals surface area contributed by atoms with Gasteiger partial charge in [0.2, 0.25) is 0 Å². The van der Waals surface area contributed by atoms with E-state index in [0.29, 0.717) is 34.6 Å². The molecule has 1 aromatic heterocycles. The molecule has 0 amide bonds. The second kappa shape index (κ2) is 8.72.